The molecule has 1 aliphatic rings. The highest BCUT2D eigenvalue weighted by Crippen LogP contribution is 2.30. The molecule has 3 aromatic carbocycles. The first-order valence-electron chi connectivity index (χ1n) is 14.9. The Morgan fingerprint density at radius 3 is 2.36 bits per heavy atom. The first kappa shape index (κ1) is 30.9. The number of imidazole rings is 1. The summed E-state index contributed by atoms with van der Waals surface area (Å²) < 4.78 is 43.2. The molecular formula is C33H36F3N5O3. The third-order valence-electron chi connectivity index (χ3n) is 7.92. The van der Waals surface area contributed by atoms with Gasteiger partial charge in [-0.2, -0.15) is 0 Å². The van der Waals surface area contributed by atoms with Crippen molar-refractivity contribution in [3.63, 3.8) is 0 Å². The predicted octanol–water partition coefficient (Wildman–Crippen LogP) is 6.60. The molecule has 8 nitrogen and oxygen atoms in total. The van der Waals surface area contributed by atoms with E-state index < -0.39 is 12.4 Å². The molecule has 1 atom stereocenters. The van der Waals surface area contributed by atoms with Gasteiger partial charge in [0.2, 0.25) is 5.91 Å². The van der Waals surface area contributed by atoms with E-state index in [-0.39, 0.29) is 30.8 Å². The summed E-state index contributed by atoms with van der Waals surface area (Å²) in [6.07, 6.45) is 2.90. The summed E-state index contributed by atoms with van der Waals surface area (Å²) in [6.45, 7) is 0.742. The smallest absolute Gasteiger partial charge is 0.406 e. The molecule has 1 fully saturated rings. The Hall–Kier alpha value is -4.54. The maximum Gasteiger partial charge on any atom is 0.573 e. The fourth-order valence-corrected chi connectivity index (χ4v) is 5.74. The standard InChI is InChI=1S/C33H36F3N5O3/c34-33(35,36)44-27-17-15-26(16-18-27)37-19-20-38-31(42)30(21-24-9-3-1-4-10-24)41(32(43)25-11-5-2-6-12-25)23-40-22-39-28-13-7-8-14-29(28)40/h2,5-8,11-18,22,24,30,37H,1,3-4,9-10,19-21,23H2,(H,38,42)/t30-/m0/s1. The lowest BCUT2D eigenvalue weighted by Gasteiger charge is -2.34. The number of nitrogens with zero attached hydrogens (tertiary/aromatic N) is 3. The SMILES string of the molecule is O=C(NCCNc1ccc(OC(F)(F)F)cc1)[C@H](CC1CCCCC1)N(Cn1cnc2ccccc21)C(=O)c1ccccc1. The van der Waals surface area contributed by atoms with Gasteiger partial charge in [0.15, 0.2) is 0 Å². The summed E-state index contributed by atoms with van der Waals surface area (Å²) in [7, 11) is 0. The van der Waals surface area contributed by atoms with Crippen molar-refractivity contribution in [2.24, 2.45) is 5.92 Å². The molecule has 0 unspecified atom stereocenters. The molecule has 4 aromatic rings. The third-order valence-corrected chi connectivity index (χ3v) is 7.92. The average molecular weight is 608 g/mol. The number of ether oxygens (including phenoxy) is 1. The van der Waals surface area contributed by atoms with Crippen molar-refractivity contribution in [1.82, 2.24) is 19.8 Å². The lowest BCUT2D eigenvalue weighted by Crippen LogP contribution is -2.51. The number of anilines is 1. The Bertz CT molecular complexity index is 1520. The van der Waals surface area contributed by atoms with Gasteiger partial charge in [-0.1, -0.05) is 62.4 Å². The molecule has 1 aromatic heterocycles. The number of hydrogen-bond donors (Lipinski definition) is 2. The van der Waals surface area contributed by atoms with Crippen LogP contribution in [0.25, 0.3) is 11.0 Å². The monoisotopic (exact) mass is 607 g/mol. The number of amides is 2. The van der Waals surface area contributed by atoms with Gasteiger partial charge < -0.3 is 24.8 Å². The highest BCUT2D eigenvalue weighted by atomic mass is 19.4. The Morgan fingerprint density at radius 1 is 0.932 bits per heavy atom. The number of carbonyl (C=O) groups excluding carboxylic acids is 2. The summed E-state index contributed by atoms with van der Waals surface area (Å²) in [5.41, 5.74) is 2.75. The van der Waals surface area contributed by atoms with Crippen molar-refractivity contribution in [2.75, 3.05) is 18.4 Å². The number of fused-ring (bicyclic) bond motifs is 1. The summed E-state index contributed by atoms with van der Waals surface area (Å²) in [5.74, 6) is -0.477. The lowest BCUT2D eigenvalue weighted by atomic mass is 9.84. The van der Waals surface area contributed by atoms with Crippen LogP contribution in [0, 0.1) is 5.92 Å². The minimum absolute atomic E-state index is 0.156. The molecule has 2 N–H and O–H groups in total. The van der Waals surface area contributed by atoms with Crippen LogP contribution < -0.4 is 15.4 Å². The Labute approximate surface area is 254 Å². The summed E-state index contributed by atoms with van der Waals surface area (Å²) in [4.78, 5) is 34.1. The van der Waals surface area contributed by atoms with E-state index in [2.05, 4.69) is 20.4 Å². The Kier molecular flexibility index (Phi) is 10.0. The van der Waals surface area contributed by atoms with Gasteiger partial charge in [0.1, 0.15) is 11.8 Å². The zero-order valence-electron chi connectivity index (χ0n) is 24.3. The molecule has 1 saturated carbocycles. The maximum atomic E-state index is 14.0. The molecule has 44 heavy (non-hydrogen) atoms. The maximum absolute atomic E-state index is 14.0. The molecule has 5 rings (SSSR count). The third kappa shape index (κ3) is 8.30. The highest BCUT2D eigenvalue weighted by Gasteiger charge is 2.34. The number of halogens is 3. The van der Waals surface area contributed by atoms with E-state index in [0.717, 1.165) is 36.7 Å². The van der Waals surface area contributed by atoms with E-state index in [0.29, 0.717) is 30.1 Å². The van der Waals surface area contributed by atoms with Crippen molar-refractivity contribution in [1.29, 1.82) is 0 Å². The number of benzene rings is 3. The van der Waals surface area contributed by atoms with E-state index >= 15 is 0 Å². The number of hydrogen-bond acceptors (Lipinski definition) is 5. The van der Waals surface area contributed by atoms with Crippen molar-refractivity contribution in [3.8, 4) is 5.75 Å². The first-order chi connectivity index (χ1) is 21.3. The molecule has 0 saturated heterocycles. The van der Waals surface area contributed by atoms with Crippen LogP contribution in [0.4, 0.5) is 18.9 Å². The molecule has 0 bridgehead atoms. The van der Waals surface area contributed by atoms with Gasteiger partial charge >= 0.3 is 6.36 Å². The molecule has 0 aliphatic heterocycles. The van der Waals surface area contributed by atoms with E-state index in [1.807, 2.05) is 47.0 Å². The second-order valence-corrected chi connectivity index (χ2v) is 11.0. The normalized spacial score (nSPS) is 14.6. The van der Waals surface area contributed by atoms with E-state index in [1.165, 1.54) is 30.7 Å². The van der Waals surface area contributed by atoms with Gasteiger partial charge in [0.05, 0.1) is 24.0 Å². The molecule has 232 valence electrons. The van der Waals surface area contributed by atoms with Crippen molar-refractivity contribution in [2.45, 2.75) is 57.6 Å². The molecule has 0 spiro atoms. The summed E-state index contributed by atoms with van der Waals surface area (Å²) >= 11 is 0. The summed E-state index contributed by atoms with van der Waals surface area (Å²) in [5, 5.41) is 6.10. The van der Waals surface area contributed by atoms with E-state index in [1.54, 1.807) is 23.4 Å². The average Bonchev–Trinajstić information content (AvgIpc) is 3.44. The van der Waals surface area contributed by atoms with Crippen molar-refractivity contribution in [3.05, 3.63) is 90.8 Å². The zero-order valence-corrected chi connectivity index (χ0v) is 24.3. The molecule has 2 amide bonds. The first-order valence-corrected chi connectivity index (χ1v) is 14.9. The van der Waals surface area contributed by atoms with Crippen LogP contribution in [0.2, 0.25) is 0 Å². The number of rotatable bonds is 12. The lowest BCUT2D eigenvalue weighted by molar-refractivity contribution is -0.274. The number of carbonyl (C=O) groups is 2. The van der Waals surface area contributed by atoms with Crippen LogP contribution in [0.15, 0.2) is 85.2 Å². The Morgan fingerprint density at radius 2 is 1.64 bits per heavy atom. The van der Waals surface area contributed by atoms with Crippen molar-refractivity contribution < 1.29 is 27.5 Å². The quantitative estimate of drug-likeness (QED) is 0.177. The fraction of sp³-hybridized carbons (Fsp3) is 0.364. The van der Waals surface area contributed by atoms with Crippen LogP contribution in [0.3, 0.4) is 0 Å². The second-order valence-electron chi connectivity index (χ2n) is 11.0. The molecule has 1 heterocycles. The van der Waals surface area contributed by atoms with Gasteiger partial charge in [0, 0.05) is 24.3 Å². The Balaban J connectivity index is 1.32. The van der Waals surface area contributed by atoms with Crippen LogP contribution in [0.1, 0.15) is 48.9 Å². The van der Waals surface area contributed by atoms with Gasteiger partial charge in [0.25, 0.3) is 5.91 Å². The van der Waals surface area contributed by atoms with Gasteiger partial charge in [-0.05, 0) is 60.9 Å². The highest BCUT2D eigenvalue weighted by molar-refractivity contribution is 5.97. The van der Waals surface area contributed by atoms with Crippen LogP contribution in [-0.2, 0) is 11.5 Å². The van der Waals surface area contributed by atoms with Crippen molar-refractivity contribution >= 4 is 28.5 Å². The predicted molar refractivity (Wildman–Crippen MR) is 162 cm³/mol. The van der Waals surface area contributed by atoms with E-state index in [4.69, 9.17) is 0 Å². The molecule has 11 heteroatoms. The number of alkyl halides is 3. The van der Waals surface area contributed by atoms with Gasteiger partial charge in [-0.25, -0.2) is 4.98 Å². The van der Waals surface area contributed by atoms with Crippen LogP contribution in [0.5, 0.6) is 5.75 Å². The largest absolute Gasteiger partial charge is 0.573 e. The summed E-state index contributed by atoms with van der Waals surface area (Å²) in [6, 6.07) is 21.3. The van der Waals surface area contributed by atoms with Crippen LogP contribution in [-0.4, -0.2) is 51.8 Å². The molecular weight excluding hydrogens is 571 g/mol. The molecule has 1 aliphatic carbocycles. The van der Waals surface area contributed by atoms with Gasteiger partial charge in [-0.15, -0.1) is 13.2 Å². The minimum Gasteiger partial charge on any atom is -0.406 e. The molecule has 0 radical (unpaired) electrons. The van der Waals surface area contributed by atoms with Crippen LogP contribution >= 0.6 is 0 Å². The number of nitrogens with one attached hydrogen (secondary N) is 2. The van der Waals surface area contributed by atoms with Gasteiger partial charge in [-0.3, -0.25) is 9.59 Å². The minimum atomic E-state index is -4.76. The fourth-order valence-electron chi connectivity index (χ4n) is 5.74. The number of para-hydroxylation sites is 2. The topological polar surface area (TPSA) is 88.5 Å². The zero-order chi connectivity index (χ0) is 30.9. The van der Waals surface area contributed by atoms with E-state index in [9.17, 15) is 22.8 Å². The number of aromatic nitrogens is 2. The second kappa shape index (κ2) is 14.3.